The maximum Gasteiger partial charge on any atom is -0.0140 e. The minimum Gasteiger partial charge on any atom is -0.412 e. The van der Waals surface area contributed by atoms with Gasteiger partial charge < -0.3 is 279 Å². The summed E-state index contributed by atoms with van der Waals surface area (Å²) in [4.78, 5) is 2.00. The van der Waals surface area contributed by atoms with Gasteiger partial charge in [-0.3, -0.25) is 0 Å². The summed E-state index contributed by atoms with van der Waals surface area (Å²) < 4.78 is 0. The number of rotatable bonds is 0. The van der Waals surface area contributed by atoms with E-state index < -0.39 is 0 Å². The van der Waals surface area contributed by atoms with Crippen molar-refractivity contribution in [1.29, 1.82) is 0 Å². The van der Waals surface area contributed by atoms with Crippen molar-refractivity contribution in [3.8, 4) is 0 Å². The van der Waals surface area contributed by atoms with Crippen LogP contribution >= 0.6 is 0 Å². The van der Waals surface area contributed by atoms with Crippen molar-refractivity contribution < 1.29 is 274 Å². The minimum absolute atomic E-state index is 0. The lowest BCUT2D eigenvalue weighted by molar-refractivity contribution is 0.505. The van der Waals surface area contributed by atoms with Gasteiger partial charge in [-0.05, 0) is 21.1 Å². The van der Waals surface area contributed by atoms with Crippen molar-refractivity contribution in [2.75, 3.05) is 21.1 Å². The van der Waals surface area contributed by atoms with Crippen molar-refractivity contribution in [1.82, 2.24) is 4.90 Å². The average Bonchev–Trinajstić information content (AvgIpc) is 0.811. The van der Waals surface area contributed by atoms with Crippen LogP contribution in [0.1, 0.15) is 0 Å². The van der Waals surface area contributed by atoms with Crippen molar-refractivity contribution in [3.05, 3.63) is 0 Å². The van der Waals surface area contributed by atoms with E-state index in [4.69, 9.17) is 0 Å². The van der Waals surface area contributed by atoms with Crippen LogP contribution in [0.3, 0.4) is 0 Å². The van der Waals surface area contributed by atoms with Crippen molar-refractivity contribution in [3.63, 3.8) is 0 Å². The lowest BCUT2D eigenvalue weighted by Crippen LogP contribution is -1.99. The maximum atomic E-state index is 2.00. The van der Waals surface area contributed by atoms with Gasteiger partial charge in [0.25, 0.3) is 0 Å². The van der Waals surface area contributed by atoms with Gasteiger partial charge in [0.1, 0.15) is 0 Å². The first-order valence-electron chi connectivity index (χ1n) is 1.34. The summed E-state index contributed by atoms with van der Waals surface area (Å²) in [6, 6.07) is 0. The van der Waals surface area contributed by atoms with Crippen LogP contribution in [0.15, 0.2) is 0 Å². The summed E-state index contributed by atoms with van der Waals surface area (Å²) >= 11 is 0. The Kier molecular flexibility index (Phi) is 374000000. The zero-order chi connectivity index (χ0) is 3.58. The zero-order valence-corrected chi connectivity index (χ0v) is 28.4. The lowest BCUT2D eigenvalue weighted by Gasteiger charge is -1.90. The summed E-state index contributed by atoms with van der Waals surface area (Å²) in [6.45, 7) is 0. The van der Waals surface area contributed by atoms with Gasteiger partial charge in [0.05, 0.1) is 0 Å². The van der Waals surface area contributed by atoms with Crippen molar-refractivity contribution in [2.45, 2.75) is 0 Å². The fourth-order valence-corrected chi connectivity index (χ4v) is 0. The summed E-state index contributed by atoms with van der Waals surface area (Å²) in [5.41, 5.74) is 0. The predicted molar refractivity (Wildman–Crippen MR) is 200 cm³/mol. The van der Waals surface area contributed by atoms with Gasteiger partial charge in [-0.15, -0.1) is 0 Å². The van der Waals surface area contributed by atoms with E-state index in [0.717, 1.165) is 0 Å². The standard InChI is InChI=1S/C3H9N.50H2O/c1-4(2)3;;;;;;;;;;;;;;;;;;;;;;;;;;;;;;;;;;;;;;;;;;;;;;;;;;/h1-3H3;50*1H2. The first-order valence-corrected chi connectivity index (χ1v) is 1.34. The fourth-order valence-electron chi connectivity index (χ4n) is 0. The zero-order valence-electron chi connectivity index (χ0n) is 28.4. The summed E-state index contributed by atoms with van der Waals surface area (Å²) in [6.07, 6.45) is 0. The Morgan fingerprint density at radius 1 is 0.0926 bits per heavy atom. The molecule has 100 N–H and O–H groups in total. The second-order valence-electron chi connectivity index (χ2n) is 1.34. The number of hydrogen-bond donors (Lipinski definition) is 0. The van der Waals surface area contributed by atoms with Crippen LogP contribution in [0.25, 0.3) is 0 Å². The molecule has 0 aliphatic carbocycles. The van der Waals surface area contributed by atoms with E-state index >= 15 is 0 Å². The third kappa shape index (κ3) is 28800. The van der Waals surface area contributed by atoms with E-state index in [1.165, 1.54) is 0 Å². The molecule has 0 aliphatic heterocycles. The van der Waals surface area contributed by atoms with E-state index in [9.17, 15) is 0 Å². The molecule has 0 heterocycles. The first kappa shape index (κ1) is 146000. The SMILES string of the molecule is CN(C)C.O.O.O.O.O.O.O.O.O.O.O.O.O.O.O.O.O.O.O.O.O.O.O.O.O.O.O.O.O.O.O.O.O.O.O.O.O.O.O.O.O.O.O.O.O.O.O.O.O.O. The van der Waals surface area contributed by atoms with E-state index in [2.05, 4.69) is 0 Å². The highest BCUT2D eigenvalue weighted by atomic mass is 16.0. The van der Waals surface area contributed by atoms with E-state index in [-0.39, 0.29) is 274 Å². The quantitative estimate of drug-likeness (QED) is 0.224. The summed E-state index contributed by atoms with van der Waals surface area (Å²) in [5.74, 6) is 0. The molecule has 0 aromatic carbocycles. The van der Waals surface area contributed by atoms with E-state index in [0.29, 0.717) is 0 Å². The van der Waals surface area contributed by atoms with Crippen molar-refractivity contribution >= 4 is 0 Å². The average molecular weight is 960 g/mol. The van der Waals surface area contributed by atoms with Gasteiger partial charge in [0.15, 0.2) is 0 Å². The Morgan fingerprint density at radius 3 is 0.0926 bits per heavy atom. The summed E-state index contributed by atoms with van der Waals surface area (Å²) in [7, 11) is 6.00. The molecule has 0 atom stereocenters. The molecule has 0 rings (SSSR count). The first-order chi connectivity index (χ1) is 1.73. The Bertz CT molecular complexity index is 28.6. The third-order valence-corrected chi connectivity index (χ3v) is 0. The molecular formula is C3H109NO50. The smallest absolute Gasteiger partial charge is 0.0140 e. The fraction of sp³-hybridized carbons (Fsp3) is 1.00. The van der Waals surface area contributed by atoms with Crippen LogP contribution in [0, 0.1) is 0 Å². The molecule has 0 unspecified atom stereocenters. The molecule has 0 fully saturated rings. The van der Waals surface area contributed by atoms with Gasteiger partial charge in [-0.25, -0.2) is 0 Å². The number of nitrogens with zero attached hydrogens (tertiary/aromatic N) is 1. The molecule has 0 aliphatic rings. The predicted octanol–water partition coefficient (Wildman–Crippen LogP) is -41.1. The van der Waals surface area contributed by atoms with Crippen LogP contribution in [-0.2, 0) is 0 Å². The van der Waals surface area contributed by atoms with Gasteiger partial charge in [-0.1, -0.05) is 0 Å². The Balaban J connectivity index is -0.0000000000367. The second kappa shape index (κ2) is 138000. The Hall–Kier alpha value is -2.04. The van der Waals surface area contributed by atoms with Crippen molar-refractivity contribution in [2.24, 2.45) is 0 Å². The second-order valence-corrected chi connectivity index (χ2v) is 1.34. The molecular weight excluding hydrogens is 850 g/mol. The van der Waals surface area contributed by atoms with E-state index in [1.54, 1.807) is 0 Å². The van der Waals surface area contributed by atoms with Crippen LogP contribution < -0.4 is 0 Å². The van der Waals surface area contributed by atoms with Crippen LogP contribution in [0.4, 0.5) is 0 Å². The van der Waals surface area contributed by atoms with Gasteiger partial charge >= 0.3 is 0 Å². The molecule has 0 radical (unpaired) electrons. The minimum atomic E-state index is 0. The highest BCUT2D eigenvalue weighted by molar-refractivity contribution is 4.09. The normalized spacial score (nSPS) is 0.667. The van der Waals surface area contributed by atoms with Crippen LogP contribution in [0.5, 0.6) is 0 Å². The lowest BCUT2D eigenvalue weighted by atomic mass is 11.0. The molecule has 0 amide bonds. The highest BCUT2D eigenvalue weighted by Crippen LogP contribution is 1.47. The third-order valence-electron chi connectivity index (χ3n) is 0. The molecule has 0 saturated carbocycles. The van der Waals surface area contributed by atoms with Crippen LogP contribution in [0.2, 0.25) is 0 Å². The Labute approximate surface area is 301 Å². The molecule has 0 bridgehead atoms. The van der Waals surface area contributed by atoms with E-state index in [1.807, 2.05) is 26.0 Å². The van der Waals surface area contributed by atoms with Gasteiger partial charge in [0.2, 0.25) is 0 Å². The van der Waals surface area contributed by atoms with Gasteiger partial charge in [-0.2, -0.15) is 0 Å². The Morgan fingerprint density at radius 2 is 0.0926 bits per heavy atom. The monoisotopic (exact) mass is 960 g/mol. The molecule has 51 nitrogen and oxygen atoms in total. The maximum absolute atomic E-state index is 2.00. The highest BCUT2D eigenvalue weighted by Gasteiger charge is 1.58. The molecule has 426 valence electrons. The molecule has 0 spiro atoms. The molecule has 0 saturated heterocycles. The number of hydrogen-bond acceptors (Lipinski definition) is 1. The molecule has 0 aromatic heterocycles. The molecule has 0 aromatic rings. The summed E-state index contributed by atoms with van der Waals surface area (Å²) in [5, 5.41) is 0. The van der Waals surface area contributed by atoms with Crippen LogP contribution in [-0.4, -0.2) is 300 Å². The van der Waals surface area contributed by atoms with Gasteiger partial charge in [0, 0.05) is 0 Å². The molecule has 51 heteroatoms. The largest absolute Gasteiger partial charge is 0.412 e. The topological polar surface area (TPSA) is 1580 Å². The molecule has 54 heavy (non-hydrogen) atoms.